The van der Waals surface area contributed by atoms with Gasteiger partial charge < -0.3 is 10.6 Å². The number of nitrogens with zero attached hydrogens (tertiary/aromatic N) is 2. The summed E-state index contributed by atoms with van der Waals surface area (Å²) in [4.78, 5) is 8.09. The van der Waals surface area contributed by atoms with Crippen molar-refractivity contribution in [1.29, 1.82) is 0 Å². The maximum absolute atomic E-state index is 13.4. The molecule has 0 aliphatic heterocycles. The van der Waals surface area contributed by atoms with E-state index in [-0.39, 0.29) is 5.82 Å². The van der Waals surface area contributed by atoms with Crippen LogP contribution in [0, 0.1) is 5.82 Å². The molecule has 2 N–H and O–H groups in total. The highest BCUT2D eigenvalue weighted by molar-refractivity contribution is 7.80. The molecule has 18 heavy (non-hydrogen) atoms. The van der Waals surface area contributed by atoms with Crippen LogP contribution in [-0.2, 0) is 0 Å². The minimum atomic E-state index is -0.319. The molecule has 0 saturated carbocycles. The molecule has 0 spiro atoms. The van der Waals surface area contributed by atoms with Gasteiger partial charge in [-0.2, -0.15) is 12.6 Å². The monoisotopic (exact) mass is 264 g/mol. The van der Waals surface area contributed by atoms with Crippen LogP contribution in [0.3, 0.4) is 0 Å². The Kier molecular flexibility index (Phi) is 4.35. The molecule has 0 atom stereocenters. The predicted molar refractivity (Wildman–Crippen MR) is 74.1 cm³/mol. The molecule has 1 aromatic carbocycles. The summed E-state index contributed by atoms with van der Waals surface area (Å²) in [6, 6.07) is 8.16. The summed E-state index contributed by atoms with van der Waals surface area (Å²) >= 11 is 4.10. The van der Waals surface area contributed by atoms with Crippen LogP contribution >= 0.6 is 12.6 Å². The van der Waals surface area contributed by atoms with Crippen molar-refractivity contribution < 1.29 is 4.39 Å². The number of benzene rings is 1. The summed E-state index contributed by atoms with van der Waals surface area (Å²) < 4.78 is 13.4. The molecular weight excluding hydrogens is 251 g/mol. The summed E-state index contributed by atoms with van der Waals surface area (Å²) in [5.74, 6) is 1.61. The van der Waals surface area contributed by atoms with Crippen molar-refractivity contribution in [3.8, 4) is 0 Å². The standard InChI is InChI=1S/C12H13FN4S/c13-9-3-1-2-4-10(9)17-12-7-11(14-5-6-18)15-8-16-12/h1-4,7-8,18H,5-6H2,(H2,14,15,16,17). The van der Waals surface area contributed by atoms with Gasteiger partial charge in [0, 0.05) is 18.4 Å². The molecule has 4 nitrogen and oxygen atoms in total. The van der Waals surface area contributed by atoms with Gasteiger partial charge in [-0.15, -0.1) is 0 Å². The van der Waals surface area contributed by atoms with Gasteiger partial charge in [0.2, 0.25) is 0 Å². The second-order valence-corrected chi connectivity index (χ2v) is 3.99. The van der Waals surface area contributed by atoms with Crippen molar-refractivity contribution in [3.63, 3.8) is 0 Å². The van der Waals surface area contributed by atoms with Crippen LogP contribution in [0.1, 0.15) is 0 Å². The lowest BCUT2D eigenvalue weighted by atomic mass is 10.3. The molecule has 0 saturated heterocycles. The van der Waals surface area contributed by atoms with Crippen LogP contribution in [-0.4, -0.2) is 22.3 Å². The highest BCUT2D eigenvalue weighted by atomic mass is 32.1. The van der Waals surface area contributed by atoms with Gasteiger partial charge in [-0.05, 0) is 12.1 Å². The number of thiol groups is 1. The SMILES string of the molecule is Fc1ccccc1Nc1cc(NCCS)ncn1. The number of anilines is 3. The maximum atomic E-state index is 13.4. The van der Waals surface area contributed by atoms with E-state index < -0.39 is 0 Å². The van der Waals surface area contributed by atoms with Crippen LogP contribution < -0.4 is 10.6 Å². The molecule has 0 fully saturated rings. The minimum Gasteiger partial charge on any atom is -0.369 e. The van der Waals surface area contributed by atoms with Gasteiger partial charge in [-0.25, -0.2) is 14.4 Å². The molecule has 2 rings (SSSR count). The second kappa shape index (κ2) is 6.20. The van der Waals surface area contributed by atoms with Crippen molar-refractivity contribution in [1.82, 2.24) is 9.97 Å². The topological polar surface area (TPSA) is 49.8 Å². The first-order valence-electron chi connectivity index (χ1n) is 5.48. The van der Waals surface area contributed by atoms with Gasteiger partial charge in [-0.3, -0.25) is 0 Å². The fourth-order valence-corrected chi connectivity index (χ4v) is 1.52. The summed E-state index contributed by atoms with van der Waals surface area (Å²) in [7, 11) is 0. The van der Waals surface area contributed by atoms with Gasteiger partial charge in [0.1, 0.15) is 23.8 Å². The predicted octanol–water partition coefficient (Wildman–Crippen LogP) is 2.70. The van der Waals surface area contributed by atoms with Gasteiger partial charge in [0.25, 0.3) is 0 Å². The molecule has 0 amide bonds. The zero-order valence-corrected chi connectivity index (χ0v) is 10.5. The van der Waals surface area contributed by atoms with E-state index in [2.05, 4.69) is 33.2 Å². The number of aromatic nitrogens is 2. The number of para-hydroxylation sites is 1. The molecule has 2 aromatic rings. The van der Waals surface area contributed by atoms with E-state index in [0.717, 1.165) is 0 Å². The smallest absolute Gasteiger partial charge is 0.146 e. The molecule has 94 valence electrons. The first-order chi connectivity index (χ1) is 8.79. The fraction of sp³-hybridized carbons (Fsp3) is 0.167. The van der Waals surface area contributed by atoms with Crippen LogP contribution in [0.15, 0.2) is 36.7 Å². The average Bonchev–Trinajstić information content (AvgIpc) is 2.40. The Morgan fingerprint density at radius 2 is 1.94 bits per heavy atom. The van der Waals surface area contributed by atoms with Gasteiger partial charge in [0.15, 0.2) is 0 Å². The van der Waals surface area contributed by atoms with Crippen molar-refractivity contribution in [2.75, 3.05) is 22.9 Å². The number of rotatable bonds is 5. The number of halogens is 1. The Bertz CT molecular complexity index is 521. The summed E-state index contributed by atoms with van der Waals surface area (Å²) in [5.41, 5.74) is 0.386. The Balaban J connectivity index is 2.12. The van der Waals surface area contributed by atoms with E-state index in [1.54, 1.807) is 24.3 Å². The maximum Gasteiger partial charge on any atom is 0.146 e. The molecule has 0 aliphatic rings. The summed E-state index contributed by atoms with van der Waals surface area (Å²) in [5, 5.41) is 5.98. The normalized spacial score (nSPS) is 10.1. The highest BCUT2D eigenvalue weighted by Gasteiger charge is 2.02. The first kappa shape index (κ1) is 12.6. The lowest BCUT2D eigenvalue weighted by molar-refractivity contribution is 0.632. The lowest BCUT2D eigenvalue weighted by Crippen LogP contribution is -2.05. The quantitative estimate of drug-likeness (QED) is 0.727. The van der Waals surface area contributed by atoms with Gasteiger partial charge in [-0.1, -0.05) is 12.1 Å². The third-order valence-electron chi connectivity index (χ3n) is 2.22. The Morgan fingerprint density at radius 3 is 2.72 bits per heavy atom. The van der Waals surface area contributed by atoms with Gasteiger partial charge in [0.05, 0.1) is 5.69 Å². The first-order valence-corrected chi connectivity index (χ1v) is 6.11. The zero-order chi connectivity index (χ0) is 12.8. The molecule has 0 bridgehead atoms. The minimum absolute atomic E-state index is 0.319. The van der Waals surface area contributed by atoms with E-state index >= 15 is 0 Å². The van der Waals surface area contributed by atoms with Crippen LogP contribution in [0.5, 0.6) is 0 Å². The van der Waals surface area contributed by atoms with E-state index in [9.17, 15) is 4.39 Å². The zero-order valence-electron chi connectivity index (χ0n) is 9.60. The molecule has 6 heteroatoms. The summed E-state index contributed by atoms with van der Waals surface area (Å²) in [6.45, 7) is 0.708. The molecule has 1 heterocycles. The van der Waals surface area contributed by atoms with Crippen LogP contribution in [0.4, 0.5) is 21.7 Å². The Labute approximate surface area is 110 Å². The lowest BCUT2D eigenvalue weighted by Gasteiger charge is -2.08. The van der Waals surface area contributed by atoms with Crippen molar-refractivity contribution >= 4 is 30.0 Å². The third-order valence-corrected chi connectivity index (χ3v) is 2.45. The molecular formula is C12H13FN4S. The number of nitrogens with one attached hydrogen (secondary N) is 2. The Morgan fingerprint density at radius 1 is 1.17 bits per heavy atom. The molecule has 0 aliphatic carbocycles. The van der Waals surface area contributed by atoms with Crippen molar-refractivity contribution in [2.45, 2.75) is 0 Å². The van der Waals surface area contributed by atoms with Gasteiger partial charge >= 0.3 is 0 Å². The largest absolute Gasteiger partial charge is 0.369 e. The third kappa shape index (κ3) is 3.33. The average molecular weight is 264 g/mol. The number of hydrogen-bond donors (Lipinski definition) is 3. The van der Waals surface area contributed by atoms with E-state index in [1.165, 1.54) is 12.4 Å². The molecule has 1 aromatic heterocycles. The highest BCUT2D eigenvalue weighted by Crippen LogP contribution is 2.18. The molecule has 0 radical (unpaired) electrons. The molecule has 0 unspecified atom stereocenters. The van der Waals surface area contributed by atoms with Crippen molar-refractivity contribution in [3.05, 3.63) is 42.5 Å². The van der Waals surface area contributed by atoms with Crippen molar-refractivity contribution in [2.24, 2.45) is 0 Å². The number of hydrogen-bond acceptors (Lipinski definition) is 5. The van der Waals surface area contributed by atoms with E-state index in [0.29, 0.717) is 29.6 Å². The second-order valence-electron chi connectivity index (χ2n) is 3.54. The fourth-order valence-electron chi connectivity index (χ4n) is 1.41. The summed E-state index contributed by atoms with van der Waals surface area (Å²) in [6.07, 6.45) is 1.42. The van der Waals surface area contributed by atoms with Crippen LogP contribution in [0.2, 0.25) is 0 Å². The van der Waals surface area contributed by atoms with Crippen LogP contribution in [0.25, 0.3) is 0 Å². The van der Waals surface area contributed by atoms with E-state index in [4.69, 9.17) is 0 Å². The van der Waals surface area contributed by atoms with E-state index in [1.807, 2.05) is 0 Å². The Hall–Kier alpha value is -1.82.